The summed E-state index contributed by atoms with van der Waals surface area (Å²) in [6.45, 7) is 3.90. The number of halogens is 3. The van der Waals surface area contributed by atoms with E-state index in [1.54, 1.807) is 0 Å². The molecule has 1 aliphatic rings. The third kappa shape index (κ3) is 3.97. The lowest BCUT2D eigenvalue weighted by atomic mass is 10.0. The van der Waals surface area contributed by atoms with Gasteiger partial charge in [-0.25, -0.2) is 9.50 Å². The fraction of sp³-hybridized carbons (Fsp3) is 0.381. The fourth-order valence-corrected chi connectivity index (χ4v) is 3.35. The van der Waals surface area contributed by atoms with Gasteiger partial charge in [0, 0.05) is 17.7 Å². The molecule has 1 fully saturated rings. The second-order valence-electron chi connectivity index (χ2n) is 7.48. The molecule has 1 amide bonds. The van der Waals surface area contributed by atoms with Crippen molar-refractivity contribution in [2.75, 3.05) is 0 Å². The Morgan fingerprint density at radius 3 is 2.52 bits per heavy atom. The molecule has 2 aromatic heterocycles. The molecule has 5 nitrogen and oxygen atoms in total. The number of benzene rings is 1. The Morgan fingerprint density at radius 1 is 1.24 bits per heavy atom. The van der Waals surface area contributed by atoms with E-state index in [0.29, 0.717) is 16.6 Å². The average Bonchev–Trinajstić information content (AvgIpc) is 3.43. The van der Waals surface area contributed by atoms with Crippen LogP contribution in [0.2, 0.25) is 0 Å². The van der Waals surface area contributed by atoms with Crippen LogP contribution in [0.5, 0.6) is 0 Å². The van der Waals surface area contributed by atoms with Crippen molar-refractivity contribution in [3.05, 3.63) is 64.6 Å². The molecule has 152 valence electrons. The van der Waals surface area contributed by atoms with Gasteiger partial charge in [0.05, 0.1) is 6.04 Å². The van der Waals surface area contributed by atoms with Crippen molar-refractivity contribution in [2.45, 2.75) is 51.2 Å². The maximum Gasteiger partial charge on any atom is 0.433 e. The van der Waals surface area contributed by atoms with Crippen LogP contribution < -0.4 is 5.32 Å². The van der Waals surface area contributed by atoms with Crippen LogP contribution in [0.3, 0.4) is 0 Å². The van der Waals surface area contributed by atoms with Crippen molar-refractivity contribution in [1.82, 2.24) is 19.9 Å². The molecule has 4 rings (SSSR count). The van der Waals surface area contributed by atoms with E-state index < -0.39 is 17.8 Å². The number of carbonyl (C=O) groups excluding carboxylic acids is 1. The highest BCUT2D eigenvalue weighted by atomic mass is 19.4. The monoisotopic (exact) mass is 402 g/mol. The van der Waals surface area contributed by atoms with E-state index in [-0.39, 0.29) is 23.3 Å². The molecule has 1 unspecified atom stereocenters. The summed E-state index contributed by atoms with van der Waals surface area (Å²) in [5.74, 6) is -0.469. The Bertz CT molecular complexity index is 1050. The number of amides is 1. The standard InChI is InChI=1S/C21H21F3N4O/c1-3-15(13-6-4-12(2)5-7-13)26-20(29)17-11-19-25-16(14-8-9-14)10-18(21(22,23)24)28(19)27-17/h4-7,10-11,14-15H,3,8-9H2,1-2H3,(H,26,29). The zero-order valence-electron chi connectivity index (χ0n) is 16.1. The van der Waals surface area contributed by atoms with E-state index in [4.69, 9.17) is 0 Å². The summed E-state index contributed by atoms with van der Waals surface area (Å²) < 4.78 is 41.3. The van der Waals surface area contributed by atoms with Gasteiger partial charge in [-0.2, -0.15) is 18.3 Å². The van der Waals surface area contributed by atoms with Crippen LogP contribution >= 0.6 is 0 Å². The highest BCUT2D eigenvalue weighted by molar-refractivity contribution is 5.93. The second-order valence-corrected chi connectivity index (χ2v) is 7.48. The molecule has 8 heteroatoms. The van der Waals surface area contributed by atoms with Crippen LogP contribution in [-0.4, -0.2) is 20.5 Å². The van der Waals surface area contributed by atoms with Crippen LogP contribution in [0.25, 0.3) is 5.65 Å². The minimum Gasteiger partial charge on any atom is -0.344 e. The number of nitrogens with one attached hydrogen (secondary N) is 1. The molecule has 1 atom stereocenters. The smallest absolute Gasteiger partial charge is 0.344 e. The molecule has 1 saturated carbocycles. The minimum absolute atomic E-state index is 0.0373. The lowest BCUT2D eigenvalue weighted by Gasteiger charge is -2.17. The van der Waals surface area contributed by atoms with Crippen molar-refractivity contribution in [3.8, 4) is 0 Å². The molecule has 0 radical (unpaired) electrons. The SMILES string of the molecule is CCC(NC(=O)c1cc2nc(C3CC3)cc(C(F)(F)F)n2n1)c1ccc(C)cc1. The largest absolute Gasteiger partial charge is 0.433 e. The quantitative estimate of drug-likeness (QED) is 0.666. The Hall–Kier alpha value is -2.90. The minimum atomic E-state index is -4.58. The van der Waals surface area contributed by atoms with Gasteiger partial charge in [-0.15, -0.1) is 0 Å². The fourth-order valence-electron chi connectivity index (χ4n) is 3.35. The number of carbonyl (C=O) groups is 1. The molecule has 0 aliphatic heterocycles. The van der Waals surface area contributed by atoms with Crippen molar-refractivity contribution in [2.24, 2.45) is 0 Å². The van der Waals surface area contributed by atoms with Gasteiger partial charge in [0.1, 0.15) is 5.69 Å². The average molecular weight is 402 g/mol. The second kappa shape index (κ2) is 7.17. The van der Waals surface area contributed by atoms with E-state index in [1.165, 1.54) is 6.07 Å². The Balaban J connectivity index is 1.66. The summed E-state index contributed by atoms with van der Waals surface area (Å²) in [7, 11) is 0. The molecule has 2 heterocycles. The first-order valence-corrected chi connectivity index (χ1v) is 9.61. The van der Waals surface area contributed by atoms with E-state index in [9.17, 15) is 18.0 Å². The first-order chi connectivity index (χ1) is 13.8. The van der Waals surface area contributed by atoms with Crippen LogP contribution in [0.15, 0.2) is 36.4 Å². The molecule has 1 aliphatic carbocycles. The van der Waals surface area contributed by atoms with Gasteiger partial charge in [-0.05, 0) is 37.8 Å². The van der Waals surface area contributed by atoms with Crippen LogP contribution in [-0.2, 0) is 6.18 Å². The van der Waals surface area contributed by atoms with Crippen LogP contribution in [0, 0.1) is 6.92 Å². The number of rotatable bonds is 5. The van der Waals surface area contributed by atoms with Gasteiger partial charge in [0.15, 0.2) is 11.3 Å². The molecule has 3 aromatic rings. The van der Waals surface area contributed by atoms with E-state index in [2.05, 4.69) is 15.4 Å². The number of hydrogen-bond donors (Lipinski definition) is 1. The summed E-state index contributed by atoms with van der Waals surface area (Å²) in [5, 5.41) is 6.78. The van der Waals surface area contributed by atoms with Crippen LogP contribution in [0.4, 0.5) is 13.2 Å². The van der Waals surface area contributed by atoms with Gasteiger partial charge < -0.3 is 5.32 Å². The Morgan fingerprint density at radius 2 is 1.93 bits per heavy atom. The number of aryl methyl sites for hydroxylation is 1. The predicted molar refractivity (Wildman–Crippen MR) is 102 cm³/mol. The number of hydrogen-bond acceptors (Lipinski definition) is 3. The molecule has 1 aromatic carbocycles. The van der Waals surface area contributed by atoms with Crippen molar-refractivity contribution in [1.29, 1.82) is 0 Å². The summed E-state index contributed by atoms with van der Waals surface area (Å²) in [6, 6.07) is 9.86. The summed E-state index contributed by atoms with van der Waals surface area (Å²) in [5.41, 5.74) is 1.49. The Kier molecular flexibility index (Phi) is 4.80. The third-order valence-corrected chi connectivity index (χ3v) is 5.16. The number of alkyl halides is 3. The van der Waals surface area contributed by atoms with Crippen LogP contribution in [0.1, 0.15) is 71.1 Å². The molecule has 0 saturated heterocycles. The summed E-state index contributed by atoms with van der Waals surface area (Å²) >= 11 is 0. The molecule has 0 bridgehead atoms. The van der Waals surface area contributed by atoms with E-state index in [1.807, 2.05) is 38.1 Å². The van der Waals surface area contributed by atoms with Gasteiger partial charge in [0.2, 0.25) is 0 Å². The van der Waals surface area contributed by atoms with E-state index in [0.717, 1.165) is 30.0 Å². The van der Waals surface area contributed by atoms with Crippen molar-refractivity contribution >= 4 is 11.6 Å². The third-order valence-electron chi connectivity index (χ3n) is 5.16. The lowest BCUT2D eigenvalue weighted by molar-refractivity contribution is -0.142. The number of fused-ring (bicyclic) bond motifs is 1. The lowest BCUT2D eigenvalue weighted by Crippen LogP contribution is -2.28. The molecule has 0 spiro atoms. The van der Waals surface area contributed by atoms with Gasteiger partial charge in [-0.1, -0.05) is 36.8 Å². The maximum absolute atomic E-state index is 13.5. The zero-order valence-corrected chi connectivity index (χ0v) is 16.1. The molecule has 29 heavy (non-hydrogen) atoms. The first kappa shape index (κ1) is 19.4. The topological polar surface area (TPSA) is 59.3 Å². The predicted octanol–water partition coefficient (Wildman–Crippen LogP) is 4.82. The van der Waals surface area contributed by atoms with Crippen molar-refractivity contribution in [3.63, 3.8) is 0 Å². The first-order valence-electron chi connectivity index (χ1n) is 9.61. The summed E-state index contributed by atoms with van der Waals surface area (Å²) in [4.78, 5) is 17.0. The Labute approximate surface area is 166 Å². The normalized spacial score (nSPS) is 15.5. The highest BCUT2D eigenvalue weighted by Crippen LogP contribution is 2.41. The molecule has 1 N–H and O–H groups in total. The van der Waals surface area contributed by atoms with E-state index >= 15 is 0 Å². The summed E-state index contributed by atoms with van der Waals surface area (Å²) in [6.07, 6.45) is -2.29. The molecular weight excluding hydrogens is 381 g/mol. The van der Waals surface area contributed by atoms with Gasteiger partial charge in [0.25, 0.3) is 5.91 Å². The number of aromatic nitrogens is 3. The molecular formula is C21H21F3N4O. The maximum atomic E-state index is 13.5. The van der Waals surface area contributed by atoms with Gasteiger partial charge in [-0.3, -0.25) is 4.79 Å². The zero-order chi connectivity index (χ0) is 20.8. The highest BCUT2D eigenvalue weighted by Gasteiger charge is 2.37. The number of nitrogens with zero attached hydrogens (tertiary/aromatic N) is 3. The van der Waals surface area contributed by atoms with Gasteiger partial charge >= 0.3 is 6.18 Å². The van der Waals surface area contributed by atoms with Crippen molar-refractivity contribution < 1.29 is 18.0 Å².